The summed E-state index contributed by atoms with van der Waals surface area (Å²) in [4.78, 5) is 19.8. The van der Waals surface area contributed by atoms with Crippen molar-refractivity contribution in [3.8, 4) is 0 Å². The maximum atomic E-state index is 13.3. The molecule has 1 aromatic heterocycles. The third-order valence-corrected chi connectivity index (χ3v) is 4.56. The number of amides is 1. The van der Waals surface area contributed by atoms with Crippen LogP contribution in [0.25, 0.3) is 16.6 Å². The lowest BCUT2D eigenvalue weighted by Crippen LogP contribution is -2.43. The van der Waals surface area contributed by atoms with Crippen LogP contribution in [0.15, 0.2) is 24.8 Å². The smallest absolute Gasteiger partial charge is 0.408 e. The molecule has 1 amide bonds. The molecule has 0 spiro atoms. The van der Waals surface area contributed by atoms with Gasteiger partial charge in [-0.05, 0) is 51.0 Å². The van der Waals surface area contributed by atoms with Crippen LogP contribution in [0, 0.1) is 0 Å². The van der Waals surface area contributed by atoms with E-state index in [1.807, 2.05) is 6.07 Å². The second-order valence-corrected chi connectivity index (χ2v) is 8.65. The Bertz CT molecular complexity index is 942. The Kier molecular flexibility index (Phi) is 8.30. The fraction of sp³-hybridized carbons (Fsp3) is 0.545. The molecule has 0 fully saturated rings. The zero-order chi connectivity index (χ0) is 24.1. The van der Waals surface area contributed by atoms with Crippen molar-refractivity contribution in [2.45, 2.75) is 51.4 Å². The largest absolute Gasteiger partial charge is 0.444 e. The molecule has 2 aromatic rings. The third-order valence-electron chi connectivity index (χ3n) is 4.56. The van der Waals surface area contributed by atoms with Crippen LogP contribution < -0.4 is 5.32 Å². The van der Waals surface area contributed by atoms with Gasteiger partial charge < -0.3 is 24.5 Å². The molecule has 178 valence electrons. The molecule has 2 N–H and O–H groups in total. The van der Waals surface area contributed by atoms with Crippen LogP contribution in [-0.2, 0) is 14.2 Å². The Morgan fingerprint density at radius 3 is 2.53 bits per heavy atom. The van der Waals surface area contributed by atoms with E-state index in [1.54, 1.807) is 40.0 Å². The number of carbonyl (C=O) groups excluding carboxylic acids is 1. The molecule has 0 aliphatic rings. The number of ether oxygens (including phenoxy) is 3. The number of imidazole rings is 1. The van der Waals surface area contributed by atoms with Crippen molar-refractivity contribution in [2.24, 2.45) is 0 Å². The average Bonchev–Trinajstić information content (AvgIpc) is 3.12. The van der Waals surface area contributed by atoms with Gasteiger partial charge in [-0.1, -0.05) is 12.6 Å². The predicted molar refractivity (Wildman–Crippen MR) is 115 cm³/mol. The van der Waals surface area contributed by atoms with E-state index in [2.05, 4.69) is 21.9 Å². The van der Waals surface area contributed by atoms with E-state index < -0.39 is 43.0 Å². The van der Waals surface area contributed by atoms with Gasteiger partial charge in [-0.3, -0.25) is 0 Å². The van der Waals surface area contributed by atoms with Gasteiger partial charge in [0.1, 0.15) is 24.1 Å². The number of H-pyrrole nitrogens is 1. The summed E-state index contributed by atoms with van der Waals surface area (Å²) in [6, 6.07) is 4.40. The number of aromatic amines is 1. The number of carbonyl (C=O) groups is 1. The Labute approximate surface area is 185 Å². The second-order valence-electron chi connectivity index (χ2n) is 8.65. The van der Waals surface area contributed by atoms with E-state index in [1.165, 1.54) is 0 Å². The highest BCUT2D eigenvalue weighted by atomic mass is 19.3. The minimum atomic E-state index is -3.06. The highest BCUT2D eigenvalue weighted by molar-refractivity contribution is 5.81. The van der Waals surface area contributed by atoms with Gasteiger partial charge >= 0.3 is 6.09 Å². The Hall–Kier alpha value is -2.59. The molecule has 0 bridgehead atoms. The number of hydrogen-bond donors (Lipinski definition) is 2. The standard InChI is InChI=1S/C22H30F3N3O4/c1-13(10-30-6)14-7-8-15-16(9-14)27-18(26-15)17(28-20(29)32-21(2,3)4)11-31-22(5,12-23)19(24)25/h7-9,17,19H,1,10-12H2,2-6H3,(H,26,27)(H,28,29). The molecule has 0 aliphatic carbocycles. The van der Waals surface area contributed by atoms with Crippen molar-refractivity contribution in [2.75, 3.05) is 27.0 Å². The molecule has 0 saturated carbocycles. The molecule has 2 unspecified atom stereocenters. The highest BCUT2D eigenvalue weighted by Crippen LogP contribution is 2.25. The van der Waals surface area contributed by atoms with E-state index in [4.69, 9.17) is 14.2 Å². The van der Waals surface area contributed by atoms with Crippen molar-refractivity contribution in [1.29, 1.82) is 0 Å². The van der Waals surface area contributed by atoms with E-state index >= 15 is 0 Å². The van der Waals surface area contributed by atoms with Crippen molar-refractivity contribution >= 4 is 22.7 Å². The molecule has 0 aliphatic heterocycles. The molecular weight excluding hydrogens is 427 g/mol. The maximum absolute atomic E-state index is 13.3. The quantitative estimate of drug-likeness (QED) is 0.535. The summed E-state index contributed by atoms with van der Waals surface area (Å²) < 4.78 is 55.3. The average molecular weight is 457 g/mol. The van der Waals surface area contributed by atoms with Crippen molar-refractivity contribution in [3.05, 3.63) is 36.2 Å². The van der Waals surface area contributed by atoms with Gasteiger partial charge in [-0.15, -0.1) is 0 Å². The van der Waals surface area contributed by atoms with Crippen LogP contribution in [0.4, 0.5) is 18.0 Å². The van der Waals surface area contributed by atoms with Crippen LogP contribution in [0.5, 0.6) is 0 Å². The molecule has 2 atom stereocenters. The van der Waals surface area contributed by atoms with Crippen LogP contribution in [0.1, 0.15) is 45.1 Å². The second kappa shape index (κ2) is 10.4. The van der Waals surface area contributed by atoms with E-state index in [0.29, 0.717) is 17.6 Å². The summed E-state index contributed by atoms with van der Waals surface area (Å²) in [5, 5.41) is 2.56. The van der Waals surface area contributed by atoms with E-state index in [9.17, 15) is 18.0 Å². The predicted octanol–water partition coefficient (Wildman–Crippen LogP) is 4.80. The van der Waals surface area contributed by atoms with Gasteiger partial charge in [0.15, 0.2) is 5.60 Å². The number of alkyl carbamates (subject to hydrolysis) is 1. The monoisotopic (exact) mass is 457 g/mol. The number of halogens is 3. The van der Waals surface area contributed by atoms with Gasteiger partial charge in [0, 0.05) is 7.11 Å². The number of nitrogens with one attached hydrogen (secondary N) is 2. The molecule has 1 aromatic carbocycles. The summed E-state index contributed by atoms with van der Waals surface area (Å²) in [5.74, 6) is 0.246. The van der Waals surface area contributed by atoms with Crippen LogP contribution in [0.2, 0.25) is 0 Å². The van der Waals surface area contributed by atoms with Gasteiger partial charge in [-0.2, -0.15) is 0 Å². The first-order valence-electron chi connectivity index (χ1n) is 10.0. The van der Waals surface area contributed by atoms with Crippen molar-refractivity contribution < 1.29 is 32.2 Å². The Balaban J connectivity index is 2.33. The third kappa shape index (κ3) is 6.70. The zero-order valence-corrected chi connectivity index (χ0v) is 18.9. The van der Waals surface area contributed by atoms with Gasteiger partial charge in [0.2, 0.25) is 0 Å². The summed E-state index contributed by atoms with van der Waals surface area (Å²) in [7, 11) is 1.56. The summed E-state index contributed by atoms with van der Waals surface area (Å²) in [6.45, 7) is 8.48. The van der Waals surface area contributed by atoms with E-state index in [-0.39, 0.29) is 5.82 Å². The molecule has 0 saturated heterocycles. The fourth-order valence-electron chi connectivity index (χ4n) is 2.74. The van der Waals surface area contributed by atoms with Crippen LogP contribution in [-0.4, -0.2) is 60.7 Å². The lowest BCUT2D eigenvalue weighted by atomic mass is 10.1. The topological polar surface area (TPSA) is 85.5 Å². The minimum Gasteiger partial charge on any atom is -0.444 e. The summed E-state index contributed by atoms with van der Waals surface area (Å²) in [5.41, 5.74) is -0.323. The first kappa shape index (κ1) is 25.7. The normalized spacial score (nSPS) is 14.9. The number of hydrogen-bond acceptors (Lipinski definition) is 5. The first-order valence-corrected chi connectivity index (χ1v) is 10.0. The number of aromatic nitrogens is 2. The van der Waals surface area contributed by atoms with E-state index in [0.717, 1.165) is 18.1 Å². The zero-order valence-electron chi connectivity index (χ0n) is 18.9. The summed E-state index contributed by atoms with van der Waals surface area (Å²) in [6.07, 6.45) is -3.85. The number of methoxy groups -OCH3 is 1. The molecule has 7 nitrogen and oxygen atoms in total. The molecule has 10 heteroatoms. The van der Waals surface area contributed by atoms with Crippen molar-refractivity contribution in [1.82, 2.24) is 15.3 Å². The molecule has 0 radical (unpaired) electrons. The molecule has 1 heterocycles. The lowest BCUT2D eigenvalue weighted by Gasteiger charge is -2.28. The number of alkyl halides is 3. The van der Waals surface area contributed by atoms with Gasteiger partial charge in [0.05, 0.1) is 24.2 Å². The van der Waals surface area contributed by atoms with Crippen LogP contribution >= 0.6 is 0 Å². The Morgan fingerprint density at radius 2 is 1.97 bits per heavy atom. The molecule has 2 rings (SSSR count). The fourth-order valence-corrected chi connectivity index (χ4v) is 2.74. The highest BCUT2D eigenvalue weighted by Gasteiger charge is 2.38. The summed E-state index contributed by atoms with van der Waals surface area (Å²) >= 11 is 0. The minimum absolute atomic E-state index is 0.246. The number of benzene rings is 1. The number of nitrogens with zero attached hydrogens (tertiary/aromatic N) is 1. The maximum Gasteiger partial charge on any atom is 0.408 e. The van der Waals surface area contributed by atoms with Gasteiger partial charge in [0.25, 0.3) is 6.43 Å². The lowest BCUT2D eigenvalue weighted by molar-refractivity contribution is -0.143. The Morgan fingerprint density at radius 1 is 1.28 bits per heavy atom. The molecular formula is C22H30F3N3O4. The number of rotatable bonds is 10. The first-order chi connectivity index (χ1) is 14.9. The molecule has 32 heavy (non-hydrogen) atoms. The van der Waals surface area contributed by atoms with Gasteiger partial charge in [-0.25, -0.2) is 22.9 Å². The van der Waals surface area contributed by atoms with Crippen LogP contribution in [0.3, 0.4) is 0 Å². The van der Waals surface area contributed by atoms with Crippen molar-refractivity contribution in [3.63, 3.8) is 0 Å². The SMILES string of the molecule is C=C(COC)c1ccc2[nH]c(C(COC(C)(CF)C(F)F)NC(=O)OC(C)(C)C)nc2c1. The number of fused-ring (bicyclic) bond motifs is 1.